The third kappa shape index (κ3) is 5.70. The Morgan fingerprint density at radius 3 is 2.69 bits per heavy atom. The number of methoxy groups -OCH3 is 2. The molecule has 39 heavy (non-hydrogen) atoms. The van der Waals surface area contributed by atoms with Gasteiger partial charge in [-0.3, -0.25) is 14.5 Å². The molecule has 10 nitrogen and oxygen atoms in total. The zero-order chi connectivity index (χ0) is 27.2. The van der Waals surface area contributed by atoms with E-state index in [2.05, 4.69) is 15.6 Å². The molecule has 1 N–H and O–H groups in total. The number of rotatable bonds is 10. The molecule has 0 saturated carbocycles. The van der Waals surface area contributed by atoms with E-state index in [1.807, 2.05) is 30.3 Å². The minimum Gasteiger partial charge on any atom is -0.497 e. The highest BCUT2D eigenvalue weighted by Gasteiger charge is 2.35. The second-order valence-corrected chi connectivity index (χ2v) is 9.23. The van der Waals surface area contributed by atoms with Crippen molar-refractivity contribution in [1.82, 2.24) is 20.3 Å². The summed E-state index contributed by atoms with van der Waals surface area (Å²) in [6, 6.07) is 20.7. The van der Waals surface area contributed by atoms with Crippen molar-refractivity contribution in [2.45, 2.75) is 31.5 Å². The van der Waals surface area contributed by atoms with Gasteiger partial charge in [-0.15, -0.1) is 5.10 Å². The molecule has 1 fully saturated rings. The monoisotopic (exact) mass is 529 g/mol. The van der Waals surface area contributed by atoms with E-state index in [4.69, 9.17) is 14.2 Å². The van der Waals surface area contributed by atoms with Crippen LogP contribution in [0.25, 0.3) is 11.0 Å². The van der Waals surface area contributed by atoms with Crippen LogP contribution in [-0.4, -0.2) is 60.3 Å². The molecule has 2 heterocycles. The van der Waals surface area contributed by atoms with Crippen LogP contribution in [0.4, 0.5) is 5.69 Å². The summed E-state index contributed by atoms with van der Waals surface area (Å²) >= 11 is 0. The van der Waals surface area contributed by atoms with E-state index in [1.54, 1.807) is 49.6 Å². The molecule has 0 bridgehead atoms. The van der Waals surface area contributed by atoms with E-state index in [1.165, 1.54) is 16.7 Å². The van der Waals surface area contributed by atoms with Crippen molar-refractivity contribution in [2.75, 3.05) is 32.3 Å². The van der Waals surface area contributed by atoms with E-state index < -0.39 is 6.04 Å². The average molecular weight is 530 g/mol. The predicted molar refractivity (Wildman–Crippen MR) is 146 cm³/mol. The Bertz CT molecular complexity index is 1450. The van der Waals surface area contributed by atoms with Gasteiger partial charge in [0.2, 0.25) is 11.8 Å². The van der Waals surface area contributed by atoms with Gasteiger partial charge in [0.05, 0.1) is 31.5 Å². The molecule has 2 amide bonds. The molecule has 3 aromatic carbocycles. The van der Waals surface area contributed by atoms with Crippen LogP contribution in [0.3, 0.4) is 0 Å². The number of aromatic nitrogens is 3. The van der Waals surface area contributed by atoms with Crippen LogP contribution in [0.2, 0.25) is 0 Å². The van der Waals surface area contributed by atoms with E-state index >= 15 is 0 Å². The fourth-order valence-corrected chi connectivity index (χ4v) is 4.83. The van der Waals surface area contributed by atoms with E-state index in [-0.39, 0.29) is 24.5 Å². The van der Waals surface area contributed by atoms with Crippen LogP contribution in [-0.2, 0) is 20.9 Å². The molecule has 1 aliphatic rings. The Hall–Kier alpha value is -4.44. The number of ether oxygens (including phenoxy) is 3. The van der Waals surface area contributed by atoms with Crippen molar-refractivity contribution in [2.24, 2.45) is 0 Å². The molecule has 5 rings (SSSR count). The topological polar surface area (TPSA) is 108 Å². The number of nitrogens with zero attached hydrogens (tertiary/aromatic N) is 4. The first-order valence-electron chi connectivity index (χ1n) is 12.9. The molecule has 0 radical (unpaired) electrons. The summed E-state index contributed by atoms with van der Waals surface area (Å²) in [6.07, 6.45) is 1.77. The number of amides is 2. The number of carbonyl (C=O) groups is 2. The van der Waals surface area contributed by atoms with Crippen LogP contribution < -0.4 is 19.7 Å². The number of hydrogen-bond donors (Lipinski definition) is 1. The van der Waals surface area contributed by atoms with Gasteiger partial charge in [0, 0.05) is 13.2 Å². The van der Waals surface area contributed by atoms with Gasteiger partial charge in [0.1, 0.15) is 29.6 Å². The lowest BCUT2D eigenvalue weighted by Gasteiger charge is -2.32. The molecule has 4 aromatic rings. The maximum Gasteiger partial charge on any atom is 0.249 e. The highest BCUT2D eigenvalue weighted by Crippen LogP contribution is 2.36. The van der Waals surface area contributed by atoms with Gasteiger partial charge in [-0.1, -0.05) is 41.6 Å². The van der Waals surface area contributed by atoms with Gasteiger partial charge in [0.15, 0.2) is 0 Å². The summed E-state index contributed by atoms with van der Waals surface area (Å²) in [5.41, 5.74) is 2.43. The number of anilines is 1. The minimum absolute atomic E-state index is 0.0585. The lowest BCUT2D eigenvalue weighted by atomic mass is 10.0. The van der Waals surface area contributed by atoms with Crippen LogP contribution in [0.5, 0.6) is 11.5 Å². The Labute approximate surface area is 226 Å². The smallest absolute Gasteiger partial charge is 0.249 e. The first-order valence-corrected chi connectivity index (χ1v) is 12.9. The van der Waals surface area contributed by atoms with Gasteiger partial charge in [-0.2, -0.15) is 0 Å². The summed E-state index contributed by atoms with van der Waals surface area (Å²) in [4.78, 5) is 29.6. The van der Waals surface area contributed by atoms with Gasteiger partial charge in [-0.05, 0) is 54.8 Å². The lowest BCUT2D eigenvalue weighted by Crippen LogP contribution is -2.46. The van der Waals surface area contributed by atoms with Crippen molar-refractivity contribution in [3.8, 4) is 11.5 Å². The molecule has 1 saturated heterocycles. The first-order chi connectivity index (χ1) is 19.1. The van der Waals surface area contributed by atoms with Crippen molar-refractivity contribution >= 4 is 28.5 Å². The van der Waals surface area contributed by atoms with Gasteiger partial charge in [0.25, 0.3) is 0 Å². The zero-order valence-corrected chi connectivity index (χ0v) is 21.9. The number of para-hydroxylation sites is 3. The Morgan fingerprint density at radius 1 is 1.08 bits per heavy atom. The number of nitrogens with one attached hydrogen (secondary N) is 1. The second-order valence-electron chi connectivity index (χ2n) is 9.23. The van der Waals surface area contributed by atoms with Crippen LogP contribution >= 0.6 is 0 Å². The number of carbonyl (C=O) groups excluding carboxylic acids is 2. The largest absolute Gasteiger partial charge is 0.497 e. The fraction of sp³-hybridized carbons (Fsp3) is 0.310. The molecule has 202 valence electrons. The summed E-state index contributed by atoms with van der Waals surface area (Å²) in [6.45, 7) is 0.885. The average Bonchev–Trinajstić information content (AvgIpc) is 3.65. The predicted octanol–water partition coefficient (Wildman–Crippen LogP) is 3.52. The van der Waals surface area contributed by atoms with Crippen LogP contribution in [0.15, 0.2) is 72.8 Å². The first kappa shape index (κ1) is 26.2. The molecule has 0 aliphatic carbocycles. The Kier molecular flexibility index (Phi) is 8.02. The van der Waals surface area contributed by atoms with Crippen molar-refractivity contribution in [3.05, 3.63) is 78.4 Å². The summed E-state index contributed by atoms with van der Waals surface area (Å²) < 4.78 is 18.3. The molecule has 0 unspecified atom stereocenters. The van der Waals surface area contributed by atoms with Gasteiger partial charge >= 0.3 is 0 Å². The third-order valence-electron chi connectivity index (χ3n) is 6.76. The summed E-state index contributed by atoms with van der Waals surface area (Å²) in [5, 5.41) is 11.4. The molecule has 1 aromatic heterocycles. The number of benzene rings is 3. The highest BCUT2D eigenvalue weighted by molar-refractivity contribution is 6.02. The molecular formula is C29H31N5O5. The molecular weight excluding hydrogens is 498 g/mol. The van der Waals surface area contributed by atoms with Crippen LogP contribution in [0.1, 0.15) is 24.4 Å². The lowest BCUT2D eigenvalue weighted by molar-refractivity contribution is -0.127. The van der Waals surface area contributed by atoms with Crippen molar-refractivity contribution < 1.29 is 23.8 Å². The molecule has 2 atom stereocenters. The minimum atomic E-state index is -1.03. The van der Waals surface area contributed by atoms with Crippen molar-refractivity contribution in [1.29, 1.82) is 0 Å². The van der Waals surface area contributed by atoms with Gasteiger partial charge in [-0.25, -0.2) is 4.68 Å². The number of fused-ring (bicyclic) bond motifs is 1. The third-order valence-corrected chi connectivity index (χ3v) is 6.76. The standard InChI is InChI=1S/C29H31N5O5/c1-37-21-10-7-9-20(17-21)28(29(36)30-18-22-11-8-16-39-22)34(25-14-5-6-15-26(25)38-2)27(35)19-33-24-13-4-3-12-23(24)31-32-33/h3-7,9-10,12-15,17,22,28H,8,11,16,18-19H2,1-2H3,(H,30,36)/t22-,28+/m0/s1. The SMILES string of the molecule is COc1cccc([C@H](C(=O)NC[C@@H]2CCCO2)N(C(=O)Cn2nnc3ccccc32)c2ccccc2OC)c1. The number of hydrogen-bond acceptors (Lipinski definition) is 7. The molecule has 0 spiro atoms. The van der Waals surface area contributed by atoms with E-state index in [9.17, 15) is 9.59 Å². The maximum absolute atomic E-state index is 14.2. The van der Waals surface area contributed by atoms with E-state index in [0.29, 0.717) is 46.9 Å². The second kappa shape index (κ2) is 12.0. The van der Waals surface area contributed by atoms with Crippen molar-refractivity contribution in [3.63, 3.8) is 0 Å². The Balaban J connectivity index is 1.58. The van der Waals surface area contributed by atoms with E-state index in [0.717, 1.165) is 12.8 Å². The highest BCUT2D eigenvalue weighted by atomic mass is 16.5. The van der Waals surface area contributed by atoms with Gasteiger partial charge < -0.3 is 19.5 Å². The normalized spacial score (nSPS) is 15.6. The molecule has 1 aliphatic heterocycles. The quantitative estimate of drug-likeness (QED) is 0.335. The molecule has 10 heteroatoms. The summed E-state index contributed by atoms with van der Waals surface area (Å²) in [7, 11) is 3.09. The van der Waals surface area contributed by atoms with Crippen LogP contribution in [0, 0.1) is 0 Å². The maximum atomic E-state index is 14.2. The summed E-state index contributed by atoms with van der Waals surface area (Å²) in [5.74, 6) is 0.310. The zero-order valence-electron chi connectivity index (χ0n) is 21.9. The fourth-order valence-electron chi connectivity index (χ4n) is 4.83. The Morgan fingerprint density at radius 2 is 1.90 bits per heavy atom.